The number of aromatic nitrogens is 1. The maximum absolute atomic E-state index is 13.1. The van der Waals surface area contributed by atoms with E-state index >= 15 is 0 Å². The summed E-state index contributed by atoms with van der Waals surface area (Å²) in [5.41, 5.74) is 3.59. The molecule has 1 aromatic carbocycles. The van der Waals surface area contributed by atoms with Crippen LogP contribution in [0.2, 0.25) is 0 Å². The van der Waals surface area contributed by atoms with E-state index in [-0.39, 0.29) is 23.8 Å². The molecule has 0 N–H and O–H groups in total. The Labute approximate surface area is 189 Å². The fraction of sp³-hybridized carbons (Fsp3) is 0.435. The molecule has 2 saturated heterocycles. The Morgan fingerprint density at radius 1 is 1.12 bits per heavy atom. The van der Waals surface area contributed by atoms with E-state index in [1.165, 1.54) is 4.31 Å². The molecule has 168 valence electrons. The number of rotatable bonds is 4. The zero-order chi connectivity index (χ0) is 22.9. The molecule has 1 aromatic heterocycles. The van der Waals surface area contributed by atoms with E-state index in [1.54, 1.807) is 23.1 Å². The van der Waals surface area contributed by atoms with Crippen molar-refractivity contribution in [2.45, 2.75) is 26.8 Å². The summed E-state index contributed by atoms with van der Waals surface area (Å²) in [6.07, 6.45) is 2.47. The molecule has 0 aliphatic carbocycles. The van der Waals surface area contributed by atoms with Crippen molar-refractivity contribution >= 4 is 21.7 Å². The maximum atomic E-state index is 13.1. The Morgan fingerprint density at radius 3 is 2.50 bits per heavy atom. The summed E-state index contributed by atoms with van der Waals surface area (Å²) in [6, 6.07) is 9.25. The summed E-state index contributed by atoms with van der Waals surface area (Å²) in [7, 11) is -3.22. The molecule has 0 unspecified atom stereocenters. The molecule has 0 spiro atoms. The van der Waals surface area contributed by atoms with E-state index in [2.05, 4.69) is 22.0 Å². The van der Waals surface area contributed by atoms with Crippen molar-refractivity contribution in [3.05, 3.63) is 58.3 Å². The van der Waals surface area contributed by atoms with Crippen molar-refractivity contribution < 1.29 is 13.2 Å². The summed E-state index contributed by atoms with van der Waals surface area (Å²) in [6.45, 7) is 7.23. The first kappa shape index (κ1) is 22.2. The molecule has 0 atom stereocenters. The van der Waals surface area contributed by atoms with Gasteiger partial charge in [-0.2, -0.15) is 9.57 Å². The van der Waals surface area contributed by atoms with Crippen LogP contribution in [-0.4, -0.2) is 67.0 Å². The fourth-order valence-corrected chi connectivity index (χ4v) is 5.88. The monoisotopic (exact) mass is 453 g/mol. The largest absolute Gasteiger partial charge is 0.353 e. The minimum atomic E-state index is -3.22. The normalized spacial score (nSPS) is 18.5. The number of aryl methyl sites for hydroxylation is 2. The molecule has 1 amide bonds. The quantitative estimate of drug-likeness (QED) is 0.703. The number of pyridine rings is 1. The third-order valence-corrected chi connectivity index (χ3v) is 7.95. The van der Waals surface area contributed by atoms with E-state index < -0.39 is 10.0 Å². The molecule has 9 heteroatoms. The second-order valence-corrected chi connectivity index (χ2v) is 10.5. The molecule has 8 nitrogen and oxygen atoms in total. The summed E-state index contributed by atoms with van der Waals surface area (Å²) >= 11 is 0. The minimum absolute atomic E-state index is 0.165. The molecule has 2 fully saturated rings. The number of carbonyl (C=O) groups is 1. The molecule has 2 aliphatic rings. The van der Waals surface area contributed by atoms with Crippen molar-refractivity contribution in [1.29, 1.82) is 5.26 Å². The first-order valence-corrected chi connectivity index (χ1v) is 12.4. The molecule has 0 radical (unpaired) electrons. The highest BCUT2D eigenvalue weighted by atomic mass is 32.2. The summed E-state index contributed by atoms with van der Waals surface area (Å²) < 4.78 is 25.6. The van der Waals surface area contributed by atoms with Crippen LogP contribution >= 0.6 is 0 Å². The van der Waals surface area contributed by atoms with Crippen LogP contribution in [0.4, 0.5) is 5.82 Å². The van der Waals surface area contributed by atoms with Gasteiger partial charge in [-0.05, 0) is 49.1 Å². The van der Waals surface area contributed by atoms with Gasteiger partial charge in [-0.3, -0.25) is 4.79 Å². The molecular formula is C23H27N5O3S. The Bertz CT molecular complexity index is 1180. The molecule has 32 heavy (non-hydrogen) atoms. The van der Waals surface area contributed by atoms with Crippen LogP contribution in [0.15, 0.2) is 30.5 Å². The average Bonchev–Trinajstić information content (AvgIpc) is 3.11. The highest BCUT2D eigenvalue weighted by Gasteiger charge is 2.29. The molecule has 4 rings (SSSR count). The van der Waals surface area contributed by atoms with Gasteiger partial charge < -0.3 is 9.80 Å². The summed E-state index contributed by atoms with van der Waals surface area (Å²) in [4.78, 5) is 21.6. The van der Waals surface area contributed by atoms with E-state index in [4.69, 9.17) is 0 Å². The highest BCUT2D eigenvalue weighted by Crippen LogP contribution is 2.22. The lowest BCUT2D eigenvalue weighted by molar-refractivity contribution is 0.0746. The topological polar surface area (TPSA) is 97.6 Å². The van der Waals surface area contributed by atoms with E-state index in [1.807, 2.05) is 20.0 Å². The lowest BCUT2D eigenvalue weighted by Gasteiger charge is -2.36. The van der Waals surface area contributed by atoms with Crippen LogP contribution in [-0.2, 0) is 16.6 Å². The van der Waals surface area contributed by atoms with Crippen molar-refractivity contribution in [3.8, 4) is 6.07 Å². The lowest BCUT2D eigenvalue weighted by atomic mass is 10.0. The third kappa shape index (κ3) is 4.47. The number of nitrogens with zero attached hydrogens (tertiary/aromatic N) is 5. The van der Waals surface area contributed by atoms with Gasteiger partial charge in [-0.15, -0.1) is 0 Å². The van der Waals surface area contributed by atoms with E-state index in [0.717, 1.165) is 16.9 Å². The van der Waals surface area contributed by atoms with Crippen LogP contribution in [0.3, 0.4) is 0 Å². The fourth-order valence-electron chi connectivity index (χ4n) is 4.37. The number of anilines is 1. The average molecular weight is 454 g/mol. The van der Waals surface area contributed by atoms with Gasteiger partial charge in [-0.1, -0.05) is 12.1 Å². The molecule has 0 saturated carbocycles. The van der Waals surface area contributed by atoms with E-state index in [9.17, 15) is 18.5 Å². The number of hydrogen-bond acceptors (Lipinski definition) is 6. The van der Waals surface area contributed by atoms with Gasteiger partial charge in [0, 0.05) is 45.5 Å². The van der Waals surface area contributed by atoms with Crippen molar-refractivity contribution in [1.82, 2.24) is 14.2 Å². The van der Waals surface area contributed by atoms with E-state index in [0.29, 0.717) is 50.3 Å². The Kier molecular flexibility index (Phi) is 6.17. The molecule has 3 heterocycles. The number of amides is 1. The molecule has 2 aliphatic heterocycles. The standard InChI is InChI=1S/C23H27N5O3S/c1-17-12-18(2)22(25-15-17)26-7-9-27(10-8-26)23(29)21-5-4-19(13-20(21)14-24)16-28-6-3-11-32(28,30)31/h4-5,12-13,15H,3,6-11,16H2,1-2H3. The second-order valence-electron chi connectivity index (χ2n) is 8.43. The summed E-state index contributed by atoms with van der Waals surface area (Å²) in [5.74, 6) is 0.940. The Morgan fingerprint density at radius 2 is 1.88 bits per heavy atom. The Hall–Kier alpha value is -2.96. The minimum Gasteiger partial charge on any atom is -0.353 e. The van der Waals surface area contributed by atoms with Crippen LogP contribution in [0.5, 0.6) is 0 Å². The predicted molar refractivity (Wildman–Crippen MR) is 122 cm³/mol. The SMILES string of the molecule is Cc1cnc(N2CCN(C(=O)c3ccc(CN4CCCS4(=O)=O)cc3C#N)CC2)c(C)c1. The number of hydrogen-bond donors (Lipinski definition) is 0. The van der Waals surface area contributed by atoms with Crippen molar-refractivity contribution in [2.24, 2.45) is 0 Å². The van der Waals surface area contributed by atoms with Crippen LogP contribution in [0.25, 0.3) is 0 Å². The lowest BCUT2D eigenvalue weighted by Crippen LogP contribution is -2.49. The third-order valence-electron chi connectivity index (χ3n) is 6.05. The first-order valence-electron chi connectivity index (χ1n) is 10.8. The highest BCUT2D eigenvalue weighted by molar-refractivity contribution is 7.89. The summed E-state index contributed by atoms with van der Waals surface area (Å²) in [5, 5.41) is 9.63. The number of sulfonamides is 1. The Balaban J connectivity index is 1.45. The van der Waals surface area contributed by atoms with Crippen molar-refractivity contribution in [2.75, 3.05) is 43.4 Å². The van der Waals surface area contributed by atoms with Crippen LogP contribution < -0.4 is 4.90 Å². The molecule has 2 aromatic rings. The van der Waals surface area contributed by atoms with Crippen LogP contribution in [0.1, 0.15) is 39.0 Å². The number of benzene rings is 1. The zero-order valence-corrected chi connectivity index (χ0v) is 19.2. The predicted octanol–water partition coefficient (Wildman–Crippen LogP) is 2.07. The maximum Gasteiger partial charge on any atom is 0.255 e. The first-order chi connectivity index (χ1) is 15.3. The number of carbonyl (C=O) groups excluding carboxylic acids is 1. The second kappa shape index (κ2) is 8.88. The molecule has 0 bridgehead atoms. The van der Waals surface area contributed by atoms with Gasteiger partial charge in [0.05, 0.1) is 22.9 Å². The van der Waals surface area contributed by atoms with Crippen molar-refractivity contribution in [3.63, 3.8) is 0 Å². The van der Waals surface area contributed by atoms with Gasteiger partial charge in [0.2, 0.25) is 10.0 Å². The number of piperazine rings is 1. The number of nitriles is 1. The van der Waals surface area contributed by atoms with Gasteiger partial charge in [0.1, 0.15) is 5.82 Å². The van der Waals surface area contributed by atoms with Gasteiger partial charge >= 0.3 is 0 Å². The van der Waals surface area contributed by atoms with Gasteiger partial charge in [-0.25, -0.2) is 13.4 Å². The van der Waals surface area contributed by atoms with Crippen LogP contribution in [0, 0.1) is 25.2 Å². The smallest absolute Gasteiger partial charge is 0.255 e. The van der Waals surface area contributed by atoms with Gasteiger partial charge in [0.15, 0.2) is 0 Å². The zero-order valence-electron chi connectivity index (χ0n) is 18.4. The molecular weight excluding hydrogens is 426 g/mol. The van der Waals surface area contributed by atoms with Gasteiger partial charge in [0.25, 0.3) is 5.91 Å².